The zero-order valence-corrected chi connectivity index (χ0v) is 9.39. The summed E-state index contributed by atoms with van der Waals surface area (Å²) < 4.78 is 1.12. The Morgan fingerprint density at radius 2 is 2.00 bits per heavy atom. The largest absolute Gasteiger partial charge is 0.384 e. The monoisotopic (exact) mass is 242 g/mol. The highest BCUT2D eigenvalue weighted by Crippen LogP contribution is 2.20. The molecule has 0 atom stereocenters. The summed E-state index contributed by atoms with van der Waals surface area (Å²) >= 11 is 3.49. The first-order chi connectivity index (χ1) is 6.34. The van der Waals surface area contributed by atoms with E-state index >= 15 is 0 Å². The lowest BCUT2D eigenvalue weighted by atomic mass is 10.3. The maximum absolute atomic E-state index is 3.49. The van der Waals surface area contributed by atoms with E-state index < -0.39 is 0 Å². The summed E-state index contributed by atoms with van der Waals surface area (Å²) in [5.41, 5.74) is 1.17. The van der Waals surface area contributed by atoms with Crippen LogP contribution in [0.1, 0.15) is 6.42 Å². The minimum Gasteiger partial charge on any atom is -0.384 e. The molecule has 1 rings (SSSR count). The van der Waals surface area contributed by atoms with Gasteiger partial charge < -0.3 is 10.6 Å². The molecule has 13 heavy (non-hydrogen) atoms. The van der Waals surface area contributed by atoms with Gasteiger partial charge in [0.05, 0.1) is 0 Å². The van der Waals surface area contributed by atoms with Gasteiger partial charge in [-0.05, 0) is 48.1 Å². The summed E-state index contributed by atoms with van der Waals surface area (Å²) in [5, 5.41) is 6.48. The van der Waals surface area contributed by atoms with Gasteiger partial charge in [-0.15, -0.1) is 0 Å². The van der Waals surface area contributed by atoms with Gasteiger partial charge in [-0.3, -0.25) is 0 Å². The van der Waals surface area contributed by atoms with Gasteiger partial charge in [0.2, 0.25) is 0 Å². The molecule has 0 fully saturated rings. The second-order valence-corrected chi connectivity index (χ2v) is 3.72. The molecule has 0 heterocycles. The van der Waals surface area contributed by atoms with Crippen LogP contribution in [-0.4, -0.2) is 20.1 Å². The normalized spacial score (nSPS) is 10.0. The van der Waals surface area contributed by atoms with Crippen LogP contribution in [0.2, 0.25) is 0 Å². The molecular formula is C10H15BrN2. The van der Waals surface area contributed by atoms with E-state index in [1.54, 1.807) is 0 Å². The van der Waals surface area contributed by atoms with Crippen molar-refractivity contribution in [3.05, 3.63) is 28.7 Å². The molecule has 0 saturated carbocycles. The Balaban J connectivity index is 2.32. The summed E-state index contributed by atoms with van der Waals surface area (Å²) in [6, 6.07) is 8.16. The lowest BCUT2D eigenvalue weighted by Gasteiger charge is -2.07. The minimum atomic E-state index is 1.00. The zero-order valence-electron chi connectivity index (χ0n) is 7.81. The van der Waals surface area contributed by atoms with Crippen molar-refractivity contribution in [2.24, 2.45) is 0 Å². The van der Waals surface area contributed by atoms with E-state index in [4.69, 9.17) is 0 Å². The van der Waals surface area contributed by atoms with Crippen LogP contribution >= 0.6 is 15.9 Å². The average Bonchev–Trinajstić information content (AvgIpc) is 2.15. The van der Waals surface area contributed by atoms with Crippen molar-refractivity contribution in [3.63, 3.8) is 0 Å². The molecule has 0 spiro atoms. The van der Waals surface area contributed by atoms with Gasteiger partial charge in [-0.2, -0.15) is 0 Å². The maximum Gasteiger partial charge on any atom is 0.0484 e. The van der Waals surface area contributed by atoms with Crippen LogP contribution in [0.25, 0.3) is 0 Å². The van der Waals surface area contributed by atoms with E-state index in [0.717, 1.165) is 24.0 Å². The molecule has 3 heteroatoms. The van der Waals surface area contributed by atoms with Crippen LogP contribution in [0.5, 0.6) is 0 Å². The van der Waals surface area contributed by atoms with Crippen molar-refractivity contribution in [1.82, 2.24) is 5.32 Å². The molecule has 2 nitrogen and oxygen atoms in total. The van der Waals surface area contributed by atoms with Crippen LogP contribution in [0.15, 0.2) is 28.7 Å². The van der Waals surface area contributed by atoms with Crippen molar-refractivity contribution < 1.29 is 0 Å². The molecule has 0 amide bonds. The van der Waals surface area contributed by atoms with Crippen molar-refractivity contribution in [3.8, 4) is 0 Å². The number of hydrogen-bond donors (Lipinski definition) is 2. The van der Waals surface area contributed by atoms with Crippen LogP contribution in [0, 0.1) is 0 Å². The van der Waals surface area contributed by atoms with E-state index in [0.29, 0.717) is 0 Å². The molecule has 0 radical (unpaired) electrons. The van der Waals surface area contributed by atoms with Crippen molar-refractivity contribution in [2.75, 3.05) is 25.5 Å². The maximum atomic E-state index is 3.49. The third-order valence-electron chi connectivity index (χ3n) is 1.79. The lowest BCUT2D eigenvalue weighted by molar-refractivity contribution is 0.748. The van der Waals surface area contributed by atoms with Crippen LogP contribution in [0.3, 0.4) is 0 Å². The van der Waals surface area contributed by atoms with E-state index in [1.165, 1.54) is 5.69 Å². The quantitative estimate of drug-likeness (QED) is 0.776. The van der Waals surface area contributed by atoms with Crippen LogP contribution in [0.4, 0.5) is 5.69 Å². The van der Waals surface area contributed by atoms with Crippen molar-refractivity contribution in [1.29, 1.82) is 0 Å². The van der Waals surface area contributed by atoms with Gasteiger partial charge >= 0.3 is 0 Å². The Bertz CT molecular complexity index is 250. The molecule has 0 aromatic heterocycles. The number of hydrogen-bond acceptors (Lipinski definition) is 2. The highest BCUT2D eigenvalue weighted by atomic mass is 79.9. The van der Waals surface area contributed by atoms with Gasteiger partial charge in [-0.25, -0.2) is 0 Å². The Hall–Kier alpha value is -0.540. The number of benzene rings is 1. The van der Waals surface area contributed by atoms with E-state index in [1.807, 2.05) is 25.2 Å². The molecule has 0 unspecified atom stereocenters. The number of para-hydroxylation sites is 1. The first-order valence-electron chi connectivity index (χ1n) is 4.47. The second kappa shape index (κ2) is 6.00. The molecular weight excluding hydrogens is 228 g/mol. The van der Waals surface area contributed by atoms with Crippen LogP contribution in [-0.2, 0) is 0 Å². The summed E-state index contributed by atoms with van der Waals surface area (Å²) in [6.45, 7) is 2.06. The topological polar surface area (TPSA) is 24.1 Å². The first kappa shape index (κ1) is 10.5. The minimum absolute atomic E-state index is 1.00. The van der Waals surface area contributed by atoms with Crippen molar-refractivity contribution in [2.45, 2.75) is 6.42 Å². The Morgan fingerprint density at radius 1 is 1.23 bits per heavy atom. The van der Waals surface area contributed by atoms with Gasteiger partial charge in [0.25, 0.3) is 0 Å². The standard InChI is InChI=1S/C10H15BrN2/c1-12-7-4-8-13-10-6-3-2-5-9(10)11/h2-3,5-6,12-13H,4,7-8H2,1H3. The molecule has 72 valence electrons. The van der Waals surface area contributed by atoms with Gasteiger partial charge in [0.1, 0.15) is 0 Å². The summed E-state index contributed by atoms with van der Waals surface area (Å²) in [5.74, 6) is 0. The number of halogens is 1. The summed E-state index contributed by atoms with van der Waals surface area (Å²) in [6.07, 6.45) is 1.14. The SMILES string of the molecule is CNCCCNc1ccccc1Br. The predicted octanol–water partition coefficient (Wildman–Crippen LogP) is 2.47. The summed E-state index contributed by atoms with van der Waals surface area (Å²) in [4.78, 5) is 0. The fourth-order valence-electron chi connectivity index (χ4n) is 1.09. The fourth-order valence-corrected chi connectivity index (χ4v) is 1.52. The summed E-state index contributed by atoms with van der Waals surface area (Å²) in [7, 11) is 1.97. The van der Waals surface area contributed by atoms with Gasteiger partial charge in [-0.1, -0.05) is 12.1 Å². The van der Waals surface area contributed by atoms with Gasteiger partial charge in [0, 0.05) is 16.7 Å². The first-order valence-corrected chi connectivity index (χ1v) is 5.27. The third-order valence-corrected chi connectivity index (χ3v) is 2.48. The zero-order chi connectivity index (χ0) is 9.52. The molecule has 0 bridgehead atoms. The Labute approximate surface area is 87.9 Å². The predicted molar refractivity (Wildman–Crippen MR) is 61.2 cm³/mol. The van der Waals surface area contributed by atoms with E-state index in [2.05, 4.69) is 32.6 Å². The second-order valence-electron chi connectivity index (χ2n) is 2.86. The Morgan fingerprint density at radius 3 is 2.69 bits per heavy atom. The molecule has 0 saturated heterocycles. The van der Waals surface area contributed by atoms with Gasteiger partial charge in [0.15, 0.2) is 0 Å². The highest BCUT2D eigenvalue weighted by Gasteiger charge is 1.95. The molecule has 0 aliphatic heterocycles. The smallest absolute Gasteiger partial charge is 0.0484 e. The molecule has 1 aromatic rings. The molecule has 0 aliphatic carbocycles. The number of anilines is 1. The van der Waals surface area contributed by atoms with E-state index in [-0.39, 0.29) is 0 Å². The third kappa shape index (κ3) is 3.79. The lowest BCUT2D eigenvalue weighted by Crippen LogP contribution is -2.12. The number of rotatable bonds is 5. The molecule has 0 aliphatic rings. The fraction of sp³-hybridized carbons (Fsp3) is 0.400. The number of nitrogens with one attached hydrogen (secondary N) is 2. The van der Waals surface area contributed by atoms with Crippen LogP contribution < -0.4 is 10.6 Å². The average molecular weight is 243 g/mol. The van der Waals surface area contributed by atoms with Crippen molar-refractivity contribution >= 4 is 21.6 Å². The highest BCUT2D eigenvalue weighted by molar-refractivity contribution is 9.10. The molecule has 2 N–H and O–H groups in total. The Kier molecular flexibility index (Phi) is 4.86. The van der Waals surface area contributed by atoms with E-state index in [9.17, 15) is 0 Å². The molecule has 1 aromatic carbocycles.